The molecule has 0 radical (unpaired) electrons. The van der Waals surface area contributed by atoms with Crippen molar-refractivity contribution in [1.29, 1.82) is 0 Å². The van der Waals surface area contributed by atoms with Gasteiger partial charge in [0, 0.05) is 37.5 Å². The van der Waals surface area contributed by atoms with Gasteiger partial charge in [-0.15, -0.1) is 0 Å². The Bertz CT molecular complexity index is 499. The highest BCUT2D eigenvalue weighted by atomic mass is 79.9. The van der Waals surface area contributed by atoms with E-state index < -0.39 is 0 Å². The lowest BCUT2D eigenvalue weighted by Gasteiger charge is -2.10. The van der Waals surface area contributed by atoms with Crippen LogP contribution in [0.15, 0.2) is 28.7 Å². The molecule has 2 rings (SSSR count). The zero-order valence-electron chi connectivity index (χ0n) is 11.7. The third-order valence-corrected chi connectivity index (χ3v) is 4.09. The van der Waals surface area contributed by atoms with Gasteiger partial charge in [0.25, 0.3) is 0 Å². The Morgan fingerprint density at radius 3 is 2.55 bits per heavy atom. The molecule has 108 valence electrons. The first-order valence-electron chi connectivity index (χ1n) is 6.72. The first-order valence-corrected chi connectivity index (χ1v) is 7.51. The number of nitrogens with one attached hydrogen (secondary N) is 1. The fourth-order valence-electron chi connectivity index (χ4n) is 2.21. The molecule has 1 N–H and O–H groups in total. The Labute approximate surface area is 127 Å². The second-order valence-electron chi connectivity index (χ2n) is 5.33. The minimum absolute atomic E-state index is 0.0329. The molecule has 0 saturated heterocycles. The van der Waals surface area contributed by atoms with Gasteiger partial charge in [-0.2, -0.15) is 0 Å². The molecular formula is C15H19BrN2O2. The van der Waals surface area contributed by atoms with Crippen LogP contribution in [0.1, 0.15) is 24.3 Å². The van der Waals surface area contributed by atoms with E-state index in [0.29, 0.717) is 18.9 Å². The van der Waals surface area contributed by atoms with Crippen LogP contribution < -0.4 is 5.32 Å². The molecule has 2 atom stereocenters. The number of hydrogen-bond donors (Lipinski definition) is 1. The molecule has 0 spiro atoms. The second-order valence-corrected chi connectivity index (χ2v) is 6.25. The molecule has 5 heteroatoms. The molecular weight excluding hydrogens is 320 g/mol. The van der Waals surface area contributed by atoms with Gasteiger partial charge >= 0.3 is 0 Å². The van der Waals surface area contributed by atoms with E-state index in [4.69, 9.17) is 0 Å². The molecule has 20 heavy (non-hydrogen) atoms. The van der Waals surface area contributed by atoms with Crippen LogP contribution in [0.25, 0.3) is 0 Å². The first kappa shape index (κ1) is 15.0. The van der Waals surface area contributed by atoms with E-state index in [9.17, 15) is 9.59 Å². The standard InChI is InChI=1S/C15H19BrN2O2/c1-18(2)14(19)7-8-17-15(20)13-9-12(13)10-3-5-11(16)6-4-10/h3-6,12-13H,7-9H2,1-2H3,(H,17,20)/t12-,13+/m0/s1. The summed E-state index contributed by atoms with van der Waals surface area (Å²) < 4.78 is 1.05. The summed E-state index contributed by atoms with van der Waals surface area (Å²) >= 11 is 3.40. The minimum Gasteiger partial charge on any atom is -0.355 e. The molecule has 2 amide bonds. The van der Waals surface area contributed by atoms with Gasteiger partial charge in [-0.1, -0.05) is 28.1 Å². The summed E-state index contributed by atoms with van der Waals surface area (Å²) in [7, 11) is 3.43. The molecule has 0 unspecified atom stereocenters. The number of nitrogens with zero attached hydrogens (tertiary/aromatic N) is 1. The maximum absolute atomic E-state index is 12.0. The Kier molecular flexibility index (Phi) is 4.81. The van der Waals surface area contributed by atoms with E-state index in [-0.39, 0.29) is 17.7 Å². The van der Waals surface area contributed by atoms with Gasteiger partial charge in [0.1, 0.15) is 0 Å². The van der Waals surface area contributed by atoms with Gasteiger partial charge in [0.05, 0.1) is 0 Å². The minimum atomic E-state index is 0.0329. The van der Waals surface area contributed by atoms with E-state index in [1.54, 1.807) is 14.1 Å². The van der Waals surface area contributed by atoms with Crippen LogP contribution in [0.5, 0.6) is 0 Å². The molecule has 1 aromatic rings. The third kappa shape index (κ3) is 3.82. The number of benzene rings is 1. The van der Waals surface area contributed by atoms with Crippen molar-refractivity contribution < 1.29 is 9.59 Å². The predicted octanol–water partition coefficient (Wildman–Crippen LogP) is 2.15. The van der Waals surface area contributed by atoms with Crippen molar-refractivity contribution in [3.05, 3.63) is 34.3 Å². The zero-order chi connectivity index (χ0) is 14.7. The maximum atomic E-state index is 12.0. The normalized spacial score (nSPS) is 20.4. The van der Waals surface area contributed by atoms with Crippen LogP contribution in [0.3, 0.4) is 0 Å². The second kappa shape index (κ2) is 6.39. The highest BCUT2D eigenvalue weighted by Gasteiger charge is 2.43. The lowest BCUT2D eigenvalue weighted by Crippen LogP contribution is -2.31. The third-order valence-electron chi connectivity index (χ3n) is 3.56. The average molecular weight is 339 g/mol. The largest absolute Gasteiger partial charge is 0.355 e. The van der Waals surface area contributed by atoms with Gasteiger partial charge in [0.2, 0.25) is 11.8 Å². The summed E-state index contributed by atoms with van der Waals surface area (Å²) in [6.45, 7) is 0.416. The summed E-state index contributed by atoms with van der Waals surface area (Å²) in [5, 5.41) is 2.85. The lowest BCUT2D eigenvalue weighted by molar-refractivity contribution is -0.128. The highest BCUT2D eigenvalue weighted by Crippen LogP contribution is 2.47. The Balaban J connectivity index is 1.76. The summed E-state index contributed by atoms with van der Waals surface area (Å²) in [6, 6.07) is 8.10. The van der Waals surface area contributed by atoms with Crippen molar-refractivity contribution >= 4 is 27.7 Å². The van der Waals surface area contributed by atoms with Crippen LogP contribution in [0, 0.1) is 5.92 Å². The van der Waals surface area contributed by atoms with Crippen LogP contribution >= 0.6 is 15.9 Å². The molecule has 0 bridgehead atoms. The van der Waals surface area contributed by atoms with Gasteiger partial charge in [-0.3, -0.25) is 9.59 Å². The number of carbonyl (C=O) groups is 2. The number of amides is 2. The van der Waals surface area contributed by atoms with Crippen molar-refractivity contribution in [3.63, 3.8) is 0 Å². The topological polar surface area (TPSA) is 49.4 Å². The summed E-state index contributed by atoms with van der Waals surface area (Å²) in [5.74, 6) is 0.480. The predicted molar refractivity (Wildman–Crippen MR) is 81.3 cm³/mol. The Morgan fingerprint density at radius 2 is 1.95 bits per heavy atom. The number of carbonyl (C=O) groups excluding carboxylic acids is 2. The zero-order valence-corrected chi connectivity index (χ0v) is 13.3. The summed E-state index contributed by atoms with van der Waals surface area (Å²) in [4.78, 5) is 24.9. The Hall–Kier alpha value is -1.36. The van der Waals surface area contributed by atoms with E-state index in [2.05, 4.69) is 33.4 Å². The smallest absolute Gasteiger partial charge is 0.223 e. The van der Waals surface area contributed by atoms with Crippen LogP contribution in [0.4, 0.5) is 0 Å². The molecule has 0 aliphatic heterocycles. The van der Waals surface area contributed by atoms with Crippen molar-refractivity contribution in [2.24, 2.45) is 5.92 Å². The quantitative estimate of drug-likeness (QED) is 0.894. The van der Waals surface area contributed by atoms with Gasteiger partial charge < -0.3 is 10.2 Å². The van der Waals surface area contributed by atoms with Crippen LogP contribution in [0.2, 0.25) is 0 Å². The highest BCUT2D eigenvalue weighted by molar-refractivity contribution is 9.10. The SMILES string of the molecule is CN(C)C(=O)CCNC(=O)[C@@H]1C[C@H]1c1ccc(Br)cc1. The molecule has 1 aliphatic carbocycles. The molecule has 0 aromatic heterocycles. The maximum Gasteiger partial charge on any atom is 0.223 e. The molecule has 1 saturated carbocycles. The van der Waals surface area contributed by atoms with Gasteiger partial charge in [-0.25, -0.2) is 0 Å². The molecule has 1 fully saturated rings. The van der Waals surface area contributed by atoms with Crippen molar-refractivity contribution in [2.75, 3.05) is 20.6 Å². The van der Waals surface area contributed by atoms with Gasteiger partial charge in [-0.05, 0) is 30.0 Å². The van der Waals surface area contributed by atoms with Crippen LogP contribution in [-0.4, -0.2) is 37.4 Å². The van der Waals surface area contributed by atoms with E-state index >= 15 is 0 Å². The summed E-state index contributed by atoms with van der Waals surface area (Å²) in [5.41, 5.74) is 1.21. The van der Waals surface area contributed by atoms with Gasteiger partial charge in [0.15, 0.2) is 0 Å². The van der Waals surface area contributed by atoms with Crippen LogP contribution in [-0.2, 0) is 9.59 Å². The van der Waals surface area contributed by atoms with E-state index in [1.165, 1.54) is 10.5 Å². The summed E-state index contributed by atoms with van der Waals surface area (Å²) in [6.07, 6.45) is 1.25. The van der Waals surface area contributed by atoms with E-state index in [1.807, 2.05) is 12.1 Å². The van der Waals surface area contributed by atoms with Crippen molar-refractivity contribution in [3.8, 4) is 0 Å². The lowest BCUT2D eigenvalue weighted by atomic mass is 10.1. The number of rotatable bonds is 5. The fourth-order valence-corrected chi connectivity index (χ4v) is 2.47. The van der Waals surface area contributed by atoms with E-state index in [0.717, 1.165) is 10.9 Å². The van der Waals surface area contributed by atoms with Crippen molar-refractivity contribution in [1.82, 2.24) is 10.2 Å². The fraction of sp³-hybridized carbons (Fsp3) is 0.467. The Morgan fingerprint density at radius 1 is 1.30 bits per heavy atom. The number of halogens is 1. The monoisotopic (exact) mass is 338 g/mol. The van der Waals surface area contributed by atoms with Crippen molar-refractivity contribution in [2.45, 2.75) is 18.8 Å². The number of hydrogen-bond acceptors (Lipinski definition) is 2. The molecule has 0 heterocycles. The first-order chi connectivity index (χ1) is 9.49. The average Bonchev–Trinajstić information content (AvgIpc) is 3.19. The molecule has 1 aromatic carbocycles. The molecule has 1 aliphatic rings. The molecule has 4 nitrogen and oxygen atoms in total.